The number of carbonyl (C=O) groups is 5. The molecule has 6 amide bonds. The maximum absolute atomic E-state index is 11.8. The standard InChI is InChI=1S/C10H12N4O8S.Na.H/c1-5(15)12-4-8(17)13(10(12)19)3-7(16)11-6-2-14(9(6)18)23(20,21)22;;/h6H,2-4H2,1H3,(H,11,16)(H,20,21,22);;. The molecular formula is C10H13N4NaO8S. The topological polar surface area (TPSA) is 161 Å². The third-order valence-electron chi connectivity index (χ3n) is 3.24. The predicted octanol–water partition coefficient (Wildman–Crippen LogP) is -3.72. The van der Waals surface area contributed by atoms with Crippen LogP contribution in [0.15, 0.2) is 0 Å². The van der Waals surface area contributed by atoms with Crippen LogP contribution in [0, 0.1) is 0 Å². The molecule has 0 saturated carbocycles. The first-order valence-electron chi connectivity index (χ1n) is 6.23. The first-order valence-corrected chi connectivity index (χ1v) is 7.63. The van der Waals surface area contributed by atoms with Crippen LogP contribution in [0.3, 0.4) is 0 Å². The molecule has 14 heteroatoms. The van der Waals surface area contributed by atoms with E-state index < -0.39 is 65.6 Å². The van der Waals surface area contributed by atoms with E-state index in [9.17, 15) is 32.4 Å². The molecule has 2 saturated heterocycles. The van der Waals surface area contributed by atoms with Crippen LogP contribution in [0.25, 0.3) is 0 Å². The minimum atomic E-state index is -4.67. The fourth-order valence-electron chi connectivity index (χ4n) is 2.04. The van der Waals surface area contributed by atoms with Gasteiger partial charge in [-0.3, -0.25) is 33.5 Å². The van der Waals surface area contributed by atoms with Crippen LogP contribution in [-0.4, -0.2) is 112 Å². The van der Waals surface area contributed by atoms with Gasteiger partial charge in [0, 0.05) is 6.92 Å². The molecule has 2 rings (SSSR count). The van der Waals surface area contributed by atoms with Gasteiger partial charge in [0.05, 0.1) is 6.54 Å². The van der Waals surface area contributed by atoms with Crippen LogP contribution in [-0.2, 0) is 29.5 Å². The SMILES string of the molecule is CC(=O)N1CC(=O)N(CC(=O)NC2CN(S(=O)(=O)O)C2=O)C1=O.[NaH]. The van der Waals surface area contributed by atoms with Gasteiger partial charge >= 0.3 is 45.9 Å². The van der Waals surface area contributed by atoms with Crippen molar-refractivity contribution in [2.75, 3.05) is 19.6 Å². The summed E-state index contributed by atoms with van der Waals surface area (Å²) in [7, 11) is -4.67. The Hall–Kier alpha value is -1.54. The summed E-state index contributed by atoms with van der Waals surface area (Å²) in [6.45, 7) is -0.548. The first-order chi connectivity index (χ1) is 10.5. The summed E-state index contributed by atoms with van der Waals surface area (Å²) in [4.78, 5) is 58.8. The van der Waals surface area contributed by atoms with Crippen molar-refractivity contribution >= 4 is 69.5 Å². The van der Waals surface area contributed by atoms with E-state index in [1.807, 2.05) is 0 Å². The van der Waals surface area contributed by atoms with E-state index in [0.717, 1.165) is 6.92 Å². The minimum absolute atomic E-state index is 0. The average Bonchev–Trinajstić information content (AvgIpc) is 2.69. The molecule has 1 atom stereocenters. The van der Waals surface area contributed by atoms with Gasteiger partial charge in [0.2, 0.25) is 11.8 Å². The van der Waals surface area contributed by atoms with Crippen molar-refractivity contribution in [3.05, 3.63) is 0 Å². The summed E-state index contributed by atoms with van der Waals surface area (Å²) in [5, 5.41) is 2.13. The molecule has 0 spiro atoms. The van der Waals surface area contributed by atoms with Gasteiger partial charge in [-0.1, -0.05) is 0 Å². The molecule has 2 aliphatic rings. The van der Waals surface area contributed by atoms with Gasteiger partial charge in [-0.2, -0.15) is 8.42 Å². The van der Waals surface area contributed by atoms with Gasteiger partial charge in [0.25, 0.3) is 11.8 Å². The van der Waals surface area contributed by atoms with Crippen molar-refractivity contribution in [2.24, 2.45) is 0 Å². The average molecular weight is 372 g/mol. The number of hydrogen-bond acceptors (Lipinski definition) is 7. The van der Waals surface area contributed by atoms with E-state index in [1.54, 1.807) is 0 Å². The molecule has 128 valence electrons. The zero-order valence-electron chi connectivity index (χ0n) is 11.8. The quantitative estimate of drug-likeness (QED) is 0.220. The summed E-state index contributed by atoms with van der Waals surface area (Å²) < 4.78 is 30.3. The zero-order valence-corrected chi connectivity index (χ0v) is 12.6. The first kappa shape index (κ1) is 20.5. The number of hydrogen-bond donors (Lipinski definition) is 2. The molecule has 2 fully saturated rings. The Labute approximate surface area is 158 Å². The zero-order chi connectivity index (χ0) is 17.5. The molecule has 2 N–H and O–H groups in total. The number of nitrogens with zero attached hydrogens (tertiary/aromatic N) is 3. The molecule has 0 aliphatic carbocycles. The third kappa shape index (κ3) is 3.92. The Balaban J connectivity index is 0.00000288. The van der Waals surface area contributed by atoms with Crippen molar-refractivity contribution in [1.82, 2.24) is 19.4 Å². The molecule has 0 aromatic carbocycles. The summed E-state index contributed by atoms with van der Waals surface area (Å²) in [6.07, 6.45) is 0. The van der Waals surface area contributed by atoms with Gasteiger partial charge in [-0.05, 0) is 0 Å². The van der Waals surface area contributed by atoms with Crippen molar-refractivity contribution in [3.63, 3.8) is 0 Å². The second kappa shape index (κ2) is 7.14. The van der Waals surface area contributed by atoms with E-state index in [0.29, 0.717) is 9.80 Å². The van der Waals surface area contributed by atoms with E-state index in [4.69, 9.17) is 4.55 Å². The van der Waals surface area contributed by atoms with Gasteiger partial charge in [-0.25, -0.2) is 9.10 Å². The Bertz CT molecular complexity index is 722. The summed E-state index contributed by atoms with van der Waals surface area (Å²) in [5.41, 5.74) is 0. The van der Waals surface area contributed by atoms with Crippen LogP contribution in [0.5, 0.6) is 0 Å². The molecule has 2 aliphatic heterocycles. The summed E-state index contributed by atoms with van der Waals surface area (Å²) >= 11 is 0. The normalized spacial score (nSPS) is 20.7. The molecule has 1 unspecified atom stereocenters. The van der Waals surface area contributed by atoms with Crippen molar-refractivity contribution in [1.29, 1.82) is 0 Å². The Morgan fingerprint density at radius 1 is 1.29 bits per heavy atom. The van der Waals surface area contributed by atoms with E-state index >= 15 is 0 Å². The van der Waals surface area contributed by atoms with E-state index in [1.165, 1.54) is 0 Å². The summed E-state index contributed by atoms with van der Waals surface area (Å²) in [6, 6.07) is -2.13. The molecule has 2 heterocycles. The fraction of sp³-hybridized carbons (Fsp3) is 0.500. The maximum atomic E-state index is 11.8. The Morgan fingerprint density at radius 3 is 2.29 bits per heavy atom. The van der Waals surface area contributed by atoms with Crippen LogP contribution in [0.1, 0.15) is 6.92 Å². The number of imide groups is 2. The third-order valence-corrected chi connectivity index (χ3v) is 4.13. The van der Waals surface area contributed by atoms with Gasteiger partial charge < -0.3 is 5.32 Å². The molecule has 0 bridgehead atoms. The number of β-lactam (4-membered cyclic amide) rings is 1. The fourth-order valence-corrected chi connectivity index (χ4v) is 2.73. The van der Waals surface area contributed by atoms with Crippen molar-refractivity contribution < 1.29 is 36.9 Å². The monoisotopic (exact) mass is 372 g/mol. The Morgan fingerprint density at radius 2 is 1.88 bits per heavy atom. The van der Waals surface area contributed by atoms with Crippen LogP contribution >= 0.6 is 0 Å². The van der Waals surface area contributed by atoms with Crippen molar-refractivity contribution in [2.45, 2.75) is 13.0 Å². The van der Waals surface area contributed by atoms with Crippen LogP contribution in [0.4, 0.5) is 4.79 Å². The molecule has 24 heavy (non-hydrogen) atoms. The van der Waals surface area contributed by atoms with E-state index in [-0.39, 0.29) is 33.9 Å². The van der Waals surface area contributed by atoms with Crippen LogP contribution < -0.4 is 5.32 Å². The molecule has 0 aromatic heterocycles. The predicted molar refractivity (Wildman–Crippen MR) is 76.8 cm³/mol. The van der Waals surface area contributed by atoms with Crippen LogP contribution in [0.2, 0.25) is 0 Å². The summed E-state index contributed by atoms with van der Waals surface area (Å²) in [5.74, 6) is -3.32. The number of urea groups is 1. The number of amides is 6. The molecule has 12 nitrogen and oxygen atoms in total. The number of rotatable bonds is 4. The van der Waals surface area contributed by atoms with E-state index in [2.05, 4.69) is 5.32 Å². The number of carbonyl (C=O) groups excluding carboxylic acids is 5. The van der Waals surface area contributed by atoms with Gasteiger partial charge in [0.1, 0.15) is 19.1 Å². The molecular weight excluding hydrogens is 359 g/mol. The second-order valence-corrected chi connectivity index (χ2v) is 6.17. The number of nitrogens with one attached hydrogen (secondary N) is 1. The molecule has 0 radical (unpaired) electrons. The Kier molecular flexibility index (Phi) is 6.10. The van der Waals surface area contributed by atoms with Crippen molar-refractivity contribution in [3.8, 4) is 0 Å². The van der Waals surface area contributed by atoms with Gasteiger partial charge in [-0.15, -0.1) is 0 Å². The molecule has 0 aromatic rings. The second-order valence-electron chi connectivity index (χ2n) is 4.83. The van der Waals surface area contributed by atoms with Gasteiger partial charge in [0.15, 0.2) is 0 Å².